The fraction of sp³-hybridized carbons (Fsp3) is 0.300. The van der Waals surface area contributed by atoms with Gasteiger partial charge < -0.3 is 15.1 Å². The van der Waals surface area contributed by atoms with Crippen LogP contribution in [-0.2, 0) is 22.6 Å². The standard InChI is InChI=1S/C20H22BrN3O2/c1-23(2)17-7-3-14(4-8-17)12-22-19(25)13-24-18-9-6-16(21)11-15(18)5-10-20(24)26/h3-4,6-9,11H,5,10,12-13H2,1-2H3,(H,22,25). The molecule has 3 rings (SSSR count). The Labute approximate surface area is 162 Å². The molecule has 6 heteroatoms. The first-order valence-electron chi connectivity index (χ1n) is 8.56. The van der Waals surface area contributed by atoms with Crippen molar-refractivity contribution in [2.24, 2.45) is 0 Å². The van der Waals surface area contributed by atoms with Crippen LogP contribution in [0.5, 0.6) is 0 Å². The predicted octanol–water partition coefficient (Wildman–Crippen LogP) is 3.11. The lowest BCUT2D eigenvalue weighted by atomic mass is 10.0. The van der Waals surface area contributed by atoms with E-state index in [-0.39, 0.29) is 18.4 Å². The van der Waals surface area contributed by atoms with Gasteiger partial charge in [0.2, 0.25) is 11.8 Å². The molecule has 0 fully saturated rings. The maximum Gasteiger partial charge on any atom is 0.240 e. The van der Waals surface area contributed by atoms with E-state index in [1.807, 2.05) is 61.5 Å². The van der Waals surface area contributed by atoms with Crippen LogP contribution >= 0.6 is 15.9 Å². The highest BCUT2D eigenvalue weighted by Crippen LogP contribution is 2.30. The maximum absolute atomic E-state index is 12.4. The molecule has 136 valence electrons. The number of amides is 2. The summed E-state index contributed by atoms with van der Waals surface area (Å²) in [5, 5.41) is 2.90. The van der Waals surface area contributed by atoms with Crippen LogP contribution in [-0.4, -0.2) is 32.5 Å². The summed E-state index contributed by atoms with van der Waals surface area (Å²) in [4.78, 5) is 28.2. The molecule has 0 saturated carbocycles. The second kappa shape index (κ2) is 7.91. The van der Waals surface area contributed by atoms with Crippen molar-refractivity contribution >= 4 is 39.1 Å². The van der Waals surface area contributed by atoms with E-state index in [4.69, 9.17) is 0 Å². The topological polar surface area (TPSA) is 52.7 Å². The van der Waals surface area contributed by atoms with Crippen LogP contribution in [0.25, 0.3) is 0 Å². The van der Waals surface area contributed by atoms with Gasteiger partial charge in [-0.3, -0.25) is 9.59 Å². The van der Waals surface area contributed by atoms with Crippen molar-refractivity contribution in [3.8, 4) is 0 Å². The molecule has 1 heterocycles. The summed E-state index contributed by atoms with van der Waals surface area (Å²) in [5.74, 6) is -0.170. The summed E-state index contributed by atoms with van der Waals surface area (Å²) in [6.07, 6.45) is 1.15. The Bertz CT molecular complexity index is 818. The second-order valence-electron chi connectivity index (χ2n) is 6.59. The third kappa shape index (κ3) is 4.25. The molecule has 1 aliphatic rings. The van der Waals surface area contributed by atoms with Crippen molar-refractivity contribution in [3.63, 3.8) is 0 Å². The number of rotatable bonds is 5. The molecule has 0 spiro atoms. The van der Waals surface area contributed by atoms with Gasteiger partial charge in [-0.2, -0.15) is 0 Å². The lowest BCUT2D eigenvalue weighted by Crippen LogP contribution is -2.42. The number of carbonyl (C=O) groups is 2. The largest absolute Gasteiger partial charge is 0.378 e. The number of aryl methyl sites for hydroxylation is 1. The fourth-order valence-electron chi connectivity index (χ4n) is 3.01. The van der Waals surface area contributed by atoms with Gasteiger partial charge in [0, 0.05) is 42.9 Å². The lowest BCUT2D eigenvalue weighted by molar-refractivity contribution is -0.124. The minimum Gasteiger partial charge on any atom is -0.378 e. The van der Waals surface area contributed by atoms with Crippen LogP contribution in [0.2, 0.25) is 0 Å². The van der Waals surface area contributed by atoms with Gasteiger partial charge in [0.1, 0.15) is 6.54 Å². The van der Waals surface area contributed by atoms with E-state index in [1.165, 1.54) is 0 Å². The highest BCUT2D eigenvalue weighted by Gasteiger charge is 2.25. The number of carbonyl (C=O) groups excluding carboxylic acids is 2. The minimum atomic E-state index is -0.161. The first kappa shape index (κ1) is 18.5. The van der Waals surface area contributed by atoms with E-state index in [0.29, 0.717) is 19.4 Å². The Morgan fingerprint density at radius 1 is 1.15 bits per heavy atom. The van der Waals surface area contributed by atoms with Crippen molar-refractivity contribution < 1.29 is 9.59 Å². The SMILES string of the molecule is CN(C)c1ccc(CNC(=O)CN2C(=O)CCc3cc(Br)ccc32)cc1. The van der Waals surface area contributed by atoms with Crippen LogP contribution in [0.3, 0.4) is 0 Å². The number of fused-ring (bicyclic) bond motifs is 1. The minimum absolute atomic E-state index is 0.00897. The molecule has 0 aliphatic carbocycles. The fourth-order valence-corrected chi connectivity index (χ4v) is 3.42. The molecular formula is C20H22BrN3O2. The molecule has 5 nitrogen and oxygen atoms in total. The lowest BCUT2D eigenvalue weighted by Gasteiger charge is -2.29. The van der Waals surface area contributed by atoms with Gasteiger partial charge in [0.25, 0.3) is 0 Å². The second-order valence-corrected chi connectivity index (χ2v) is 7.51. The van der Waals surface area contributed by atoms with E-state index in [9.17, 15) is 9.59 Å². The van der Waals surface area contributed by atoms with Crippen LogP contribution in [0.4, 0.5) is 11.4 Å². The summed E-state index contributed by atoms with van der Waals surface area (Å²) in [6.45, 7) is 0.491. The van der Waals surface area contributed by atoms with Gasteiger partial charge >= 0.3 is 0 Å². The first-order valence-corrected chi connectivity index (χ1v) is 9.35. The monoisotopic (exact) mass is 415 g/mol. The molecule has 2 amide bonds. The van der Waals surface area contributed by atoms with Gasteiger partial charge in [0.05, 0.1) is 0 Å². The van der Waals surface area contributed by atoms with Crippen molar-refractivity contribution in [3.05, 3.63) is 58.1 Å². The van der Waals surface area contributed by atoms with Gasteiger partial charge in [-0.25, -0.2) is 0 Å². The third-order valence-electron chi connectivity index (χ3n) is 4.49. The molecular weight excluding hydrogens is 394 g/mol. The zero-order valence-electron chi connectivity index (χ0n) is 15.0. The van der Waals surface area contributed by atoms with Gasteiger partial charge in [0.15, 0.2) is 0 Å². The van der Waals surface area contributed by atoms with E-state index in [2.05, 4.69) is 21.2 Å². The Hall–Kier alpha value is -2.34. The van der Waals surface area contributed by atoms with Gasteiger partial charge in [-0.1, -0.05) is 28.1 Å². The van der Waals surface area contributed by atoms with Crippen LogP contribution in [0, 0.1) is 0 Å². The molecule has 0 atom stereocenters. The highest BCUT2D eigenvalue weighted by molar-refractivity contribution is 9.10. The molecule has 1 N–H and O–H groups in total. The van der Waals surface area contributed by atoms with Crippen LogP contribution in [0.1, 0.15) is 17.5 Å². The average molecular weight is 416 g/mol. The summed E-state index contributed by atoms with van der Waals surface area (Å²) in [7, 11) is 3.98. The van der Waals surface area contributed by atoms with E-state index < -0.39 is 0 Å². The van der Waals surface area contributed by atoms with E-state index in [0.717, 1.165) is 27.0 Å². The van der Waals surface area contributed by atoms with E-state index >= 15 is 0 Å². The zero-order chi connectivity index (χ0) is 18.7. The zero-order valence-corrected chi connectivity index (χ0v) is 16.5. The Balaban J connectivity index is 1.62. The van der Waals surface area contributed by atoms with Gasteiger partial charge in [-0.15, -0.1) is 0 Å². The molecule has 1 aliphatic heterocycles. The number of nitrogens with zero attached hydrogens (tertiary/aromatic N) is 2. The number of hydrogen-bond acceptors (Lipinski definition) is 3. The number of nitrogens with one attached hydrogen (secondary N) is 1. The van der Waals surface area contributed by atoms with Crippen molar-refractivity contribution in [1.29, 1.82) is 0 Å². The van der Waals surface area contributed by atoms with E-state index in [1.54, 1.807) is 4.90 Å². The molecule has 0 aromatic heterocycles. The van der Waals surface area contributed by atoms with Crippen molar-refractivity contribution in [1.82, 2.24) is 5.32 Å². The van der Waals surface area contributed by atoms with Crippen LogP contribution < -0.4 is 15.1 Å². The molecule has 0 bridgehead atoms. The predicted molar refractivity (Wildman–Crippen MR) is 107 cm³/mol. The molecule has 0 unspecified atom stereocenters. The maximum atomic E-state index is 12.4. The highest BCUT2D eigenvalue weighted by atomic mass is 79.9. The molecule has 26 heavy (non-hydrogen) atoms. The Morgan fingerprint density at radius 2 is 1.88 bits per heavy atom. The number of halogens is 1. The molecule has 0 radical (unpaired) electrons. The summed E-state index contributed by atoms with van der Waals surface area (Å²) >= 11 is 3.46. The number of hydrogen-bond donors (Lipinski definition) is 1. The van der Waals surface area contributed by atoms with Gasteiger partial charge in [-0.05, 0) is 47.9 Å². The first-order chi connectivity index (χ1) is 12.4. The number of anilines is 2. The summed E-state index contributed by atoms with van der Waals surface area (Å²) < 4.78 is 0.983. The third-order valence-corrected chi connectivity index (χ3v) is 4.98. The summed E-state index contributed by atoms with van der Waals surface area (Å²) in [5.41, 5.74) is 4.06. The Morgan fingerprint density at radius 3 is 2.58 bits per heavy atom. The summed E-state index contributed by atoms with van der Waals surface area (Å²) in [6, 6.07) is 13.8. The normalized spacial score (nSPS) is 13.3. The Kier molecular flexibility index (Phi) is 5.61. The average Bonchev–Trinajstić information content (AvgIpc) is 2.62. The quantitative estimate of drug-likeness (QED) is 0.815. The smallest absolute Gasteiger partial charge is 0.240 e. The molecule has 2 aromatic rings. The van der Waals surface area contributed by atoms with Crippen molar-refractivity contribution in [2.75, 3.05) is 30.4 Å². The molecule has 2 aromatic carbocycles. The van der Waals surface area contributed by atoms with Crippen molar-refractivity contribution in [2.45, 2.75) is 19.4 Å². The number of benzene rings is 2. The van der Waals surface area contributed by atoms with Crippen LogP contribution in [0.15, 0.2) is 46.9 Å². The molecule has 0 saturated heterocycles.